The van der Waals surface area contributed by atoms with Gasteiger partial charge in [0.25, 0.3) is 0 Å². The Kier molecular flexibility index (Phi) is 4.07. The number of carbonyl (C=O) groups excluding carboxylic acids is 1. The van der Waals surface area contributed by atoms with E-state index >= 15 is 0 Å². The zero-order chi connectivity index (χ0) is 14.7. The van der Waals surface area contributed by atoms with E-state index in [1.807, 2.05) is 0 Å². The summed E-state index contributed by atoms with van der Waals surface area (Å²) in [6.07, 6.45) is 0.329. The molecular weight excluding hydrogens is 273 g/mol. The van der Waals surface area contributed by atoms with Crippen molar-refractivity contribution in [2.45, 2.75) is 19.9 Å². The summed E-state index contributed by atoms with van der Waals surface area (Å²) in [6, 6.07) is 3.07. The van der Waals surface area contributed by atoms with Crippen LogP contribution in [-0.2, 0) is 11.3 Å². The number of hydrogen-bond acceptors (Lipinski definition) is 3. The van der Waals surface area contributed by atoms with Crippen molar-refractivity contribution in [2.24, 2.45) is 0 Å². The third-order valence-corrected chi connectivity index (χ3v) is 2.62. The summed E-state index contributed by atoms with van der Waals surface area (Å²) < 4.78 is 44.0. The number of nitrogens with zero attached hydrogens (tertiary/aromatic N) is 1. The number of carbonyl (C=O) groups is 1. The van der Waals surface area contributed by atoms with Gasteiger partial charge in [0.2, 0.25) is 5.91 Å². The van der Waals surface area contributed by atoms with Crippen LogP contribution in [0, 0.1) is 17.5 Å². The summed E-state index contributed by atoms with van der Waals surface area (Å²) in [5.74, 6) is -3.98. The molecule has 0 spiro atoms. The van der Waals surface area contributed by atoms with Gasteiger partial charge in [-0.2, -0.15) is 0 Å². The van der Waals surface area contributed by atoms with Gasteiger partial charge in [0.15, 0.2) is 23.2 Å². The molecule has 0 atom stereocenters. The molecule has 20 heavy (non-hydrogen) atoms. The first-order chi connectivity index (χ1) is 9.51. The van der Waals surface area contributed by atoms with E-state index in [4.69, 9.17) is 4.52 Å². The Labute approximate surface area is 112 Å². The lowest BCUT2D eigenvalue weighted by Gasteiger charge is -1.99. The van der Waals surface area contributed by atoms with Gasteiger partial charge in [-0.1, -0.05) is 12.1 Å². The maximum Gasteiger partial charge on any atom is 0.220 e. The molecule has 1 amide bonds. The molecule has 0 aliphatic carbocycles. The predicted octanol–water partition coefficient (Wildman–Crippen LogP) is 2.79. The molecule has 4 nitrogen and oxygen atoms in total. The van der Waals surface area contributed by atoms with Crippen LogP contribution in [0.15, 0.2) is 22.7 Å². The first-order valence-corrected chi connectivity index (χ1v) is 5.88. The van der Waals surface area contributed by atoms with E-state index in [0.29, 0.717) is 12.2 Å². The van der Waals surface area contributed by atoms with Crippen molar-refractivity contribution in [2.75, 3.05) is 0 Å². The molecule has 0 aliphatic heterocycles. The maximum absolute atomic E-state index is 13.1. The van der Waals surface area contributed by atoms with Gasteiger partial charge < -0.3 is 9.84 Å². The molecule has 2 rings (SSSR count). The van der Waals surface area contributed by atoms with Gasteiger partial charge in [-0.3, -0.25) is 4.79 Å². The molecule has 7 heteroatoms. The first kappa shape index (κ1) is 14.1. The van der Waals surface area contributed by atoms with E-state index in [1.54, 1.807) is 6.92 Å². The number of amides is 1. The lowest BCUT2D eigenvalue weighted by atomic mass is 10.1. The van der Waals surface area contributed by atoms with E-state index < -0.39 is 17.5 Å². The molecular formula is C13H11F3N2O2. The number of aromatic nitrogens is 1. The molecule has 0 aliphatic rings. The van der Waals surface area contributed by atoms with Crippen LogP contribution < -0.4 is 5.32 Å². The first-order valence-electron chi connectivity index (χ1n) is 5.88. The van der Waals surface area contributed by atoms with Crippen molar-refractivity contribution in [3.63, 3.8) is 0 Å². The lowest BCUT2D eigenvalue weighted by molar-refractivity contribution is -0.121. The Balaban J connectivity index is 2.18. The van der Waals surface area contributed by atoms with E-state index in [9.17, 15) is 18.0 Å². The Bertz CT molecular complexity index is 617. The van der Waals surface area contributed by atoms with E-state index in [2.05, 4.69) is 10.5 Å². The average molecular weight is 284 g/mol. The van der Waals surface area contributed by atoms with E-state index in [-0.39, 0.29) is 23.7 Å². The monoisotopic (exact) mass is 284 g/mol. The van der Waals surface area contributed by atoms with E-state index in [1.165, 1.54) is 6.07 Å². The SMILES string of the molecule is CCC(=O)NCc1cc(-c2cc(F)c(F)c(F)c2)no1. The van der Waals surface area contributed by atoms with Gasteiger partial charge in [-0.15, -0.1) is 0 Å². The second kappa shape index (κ2) is 5.77. The quantitative estimate of drug-likeness (QED) is 0.878. The molecule has 0 unspecified atom stereocenters. The summed E-state index contributed by atoms with van der Waals surface area (Å²) in [7, 11) is 0. The fraction of sp³-hybridized carbons (Fsp3) is 0.231. The third kappa shape index (κ3) is 2.98. The molecule has 0 bridgehead atoms. The molecule has 0 radical (unpaired) electrons. The van der Waals surface area contributed by atoms with Crippen molar-refractivity contribution in [3.8, 4) is 11.3 Å². The summed E-state index contributed by atoms with van der Waals surface area (Å²) in [5, 5.41) is 6.18. The molecule has 1 aromatic carbocycles. The normalized spacial score (nSPS) is 10.6. The highest BCUT2D eigenvalue weighted by Gasteiger charge is 2.14. The summed E-state index contributed by atoms with van der Waals surface area (Å²) in [4.78, 5) is 11.1. The molecule has 0 saturated carbocycles. The van der Waals surface area contributed by atoms with Crippen molar-refractivity contribution in [1.29, 1.82) is 0 Å². The number of rotatable bonds is 4. The van der Waals surface area contributed by atoms with Crippen LogP contribution >= 0.6 is 0 Å². The van der Waals surface area contributed by atoms with Crippen molar-refractivity contribution in [1.82, 2.24) is 10.5 Å². The van der Waals surface area contributed by atoms with Crippen molar-refractivity contribution in [3.05, 3.63) is 41.4 Å². The van der Waals surface area contributed by atoms with Crippen molar-refractivity contribution < 1.29 is 22.5 Å². The molecule has 0 fully saturated rings. The van der Waals surface area contributed by atoms with E-state index in [0.717, 1.165) is 12.1 Å². The predicted molar refractivity (Wildman–Crippen MR) is 64.0 cm³/mol. The van der Waals surface area contributed by atoms with Gasteiger partial charge in [0, 0.05) is 18.1 Å². The van der Waals surface area contributed by atoms with Crippen LogP contribution in [0.1, 0.15) is 19.1 Å². The van der Waals surface area contributed by atoms with Crippen LogP contribution in [0.4, 0.5) is 13.2 Å². The van der Waals surface area contributed by atoms with Crippen molar-refractivity contribution >= 4 is 5.91 Å². The molecule has 106 valence electrons. The second-order valence-corrected chi connectivity index (χ2v) is 4.06. The summed E-state index contributed by atoms with van der Waals surface area (Å²) in [6.45, 7) is 1.82. The summed E-state index contributed by atoms with van der Waals surface area (Å²) >= 11 is 0. The number of nitrogens with one attached hydrogen (secondary N) is 1. The largest absolute Gasteiger partial charge is 0.359 e. The van der Waals surface area contributed by atoms with Crippen LogP contribution in [0.25, 0.3) is 11.3 Å². The zero-order valence-corrected chi connectivity index (χ0v) is 10.5. The fourth-order valence-electron chi connectivity index (χ4n) is 1.55. The van der Waals surface area contributed by atoms with Crippen LogP contribution in [-0.4, -0.2) is 11.1 Å². The second-order valence-electron chi connectivity index (χ2n) is 4.06. The van der Waals surface area contributed by atoms with Crippen LogP contribution in [0.2, 0.25) is 0 Å². The minimum Gasteiger partial charge on any atom is -0.359 e. The fourth-order valence-corrected chi connectivity index (χ4v) is 1.55. The highest BCUT2D eigenvalue weighted by molar-refractivity contribution is 5.75. The Morgan fingerprint density at radius 3 is 2.50 bits per heavy atom. The molecule has 1 aromatic heterocycles. The number of hydrogen-bond donors (Lipinski definition) is 1. The Morgan fingerprint density at radius 2 is 1.90 bits per heavy atom. The van der Waals surface area contributed by atoms with Gasteiger partial charge in [-0.25, -0.2) is 13.2 Å². The maximum atomic E-state index is 13.1. The van der Waals surface area contributed by atoms with Gasteiger partial charge in [0.1, 0.15) is 5.69 Å². The minimum absolute atomic E-state index is 0.0539. The van der Waals surface area contributed by atoms with Crippen LogP contribution in [0.3, 0.4) is 0 Å². The molecule has 2 aromatic rings. The standard InChI is InChI=1S/C13H11F3N2O2/c1-2-12(19)17-6-8-5-11(18-20-8)7-3-9(14)13(16)10(15)4-7/h3-5H,2,6H2,1H3,(H,17,19). The zero-order valence-electron chi connectivity index (χ0n) is 10.5. The van der Waals surface area contributed by atoms with Gasteiger partial charge in [-0.05, 0) is 12.1 Å². The minimum atomic E-state index is -1.53. The highest BCUT2D eigenvalue weighted by atomic mass is 19.2. The topological polar surface area (TPSA) is 55.1 Å². The average Bonchev–Trinajstić information content (AvgIpc) is 2.90. The molecule has 0 saturated heterocycles. The Morgan fingerprint density at radius 1 is 1.25 bits per heavy atom. The number of benzene rings is 1. The summed E-state index contributed by atoms with van der Waals surface area (Å²) in [5.41, 5.74) is 0.210. The lowest BCUT2D eigenvalue weighted by Crippen LogP contribution is -2.20. The Hall–Kier alpha value is -2.31. The van der Waals surface area contributed by atoms with Gasteiger partial charge in [0.05, 0.1) is 6.54 Å². The smallest absolute Gasteiger partial charge is 0.220 e. The van der Waals surface area contributed by atoms with Crippen LogP contribution in [0.5, 0.6) is 0 Å². The third-order valence-electron chi connectivity index (χ3n) is 2.62. The molecule has 1 N–H and O–H groups in total. The van der Waals surface area contributed by atoms with Gasteiger partial charge >= 0.3 is 0 Å². The molecule has 1 heterocycles. The number of halogens is 3. The highest BCUT2D eigenvalue weighted by Crippen LogP contribution is 2.23.